The molecule has 7 heteroatoms. The monoisotopic (exact) mass is 433 g/mol. The summed E-state index contributed by atoms with van der Waals surface area (Å²) in [6, 6.07) is 18.1. The quantitative estimate of drug-likeness (QED) is 0.368. The molecule has 0 spiro atoms. The smallest absolute Gasteiger partial charge is 0.449 e. The minimum absolute atomic E-state index is 0.000515. The van der Waals surface area contributed by atoms with E-state index >= 15 is 0 Å². The lowest BCUT2D eigenvalue weighted by atomic mass is 9.75. The third-order valence-corrected chi connectivity index (χ3v) is 6.67. The topological polar surface area (TPSA) is 78.8 Å². The van der Waals surface area contributed by atoms with Crippen LogP contribution in [-0.4, -0.2) is 29.9 Å². The Morgan fingerprint density at radius 2 is 1.61 bits per heavy atom. The molecule has 1 aliphatic carbocycles. The highest BCUT2D eigenvalue weighted by atomic mass is 32.1. The average molecular weight is 433 g/mol. The van der Waals surface area contributed by atoms with Gasteiger partial charge in [-0.25, -0.2) is 4.79 Å². The van der Waals surface area contributed by atoms with E-state index in [-0.39, 0.29) is 19.1 Å². The molecule has 31 heavy (non-hydrogen) atoms. The number of hydrogen-bond donors (Lipinski definition) is 4. The second-order valence-corrected chi connectivity index (χ2v) is 8.22. The number of fused-ring (bicyclic) bond motifs is 3. The van der Waals surface area contributed by atoms with Gasteiger partial charge in [0.05, 0.1) is 0 Å². The summed E-state index contributed by atoms with van der Waals surface area (Å²) in [7, 11) is -1.60. The molecule has 3 aromatic carbocycles. The molecule has 0 fully saturated rings. The molecule has 0 bridgehead atoms. The van der Waals surface area contributed by atoms with Gasteiger partial charge >= 0.3 is 13.2 Å². The molecule has 0 aliphatic heterocycles. The van der Waals surface area contributed by atoms with E-state index in [4.69, 9.17) is 4.74 Å². The molecule has 3 aromatic rings. The standard InChI is InChI=1S/C24H24BNO4S/c1-14-16(11-22(25(28)29)15(2)23(14)31)12-26-24(27)30-13-21-19-9-5-3-7-17(19)18-8-4-6-10-20(18)21/h3-11,21,28-29,31H,12-13H2,1-2H3,(H,26,27). The number of benzene rings is 3. The molecule has 158 valence electrons. The first-order valence-corrected chi connectivity index (χ1v) is 10.6. The number of alkyl carbamates (subject to hydrolysis) is 1. The third-order valence-electron chi connectivity index (χ3n) is 6.00. The second-order valence-electron chi connectivity index (χ2n) is 7.78. The van der Waals surface area contributed by atoms with Gasteiger partial charge < -0.3 is 20.1 Å². The predicted octanol–water partition coefficient (Wildman–Crippen LogP) is 3.31. The van der Waals surface area contributed by atoms with Crippen LogP contribution < -0.4 is 10.8 Å². The number of carbonyl (C=O) groups is 1. The largest absolute Gasteiger partial charge is 0.488 e. The Balaban J connectivity index is 1.44. The first-order chi connectivity index (χ1) is 14.9. The van der Waals surface area contributed by atoms with E-state index in [1.54, 1.807) is 13.0 Å². The first-order valence-electron chi connectivity index (χ1n) is 10.2. The number of nitrogens with one attached hydrogen (secondary N) is 1. The molecule has 0 aromatic heterocycles. The number of carbonyl (C=O) groups excluding carboxylic acids is 1. The Morgan fingerprint density at radius 1 is 1.03 bits per heavy atom. The number of hydrogen-bond acceptors (Lipinski definition) is 5. The van der Waals surface area contributed by atoms with Gasteiger partial charge in [-0.15, -0.1) is 12.6 Å². The van der Waals surface area contributed by atoms with E-state index in [0.717, 1.165) is 22.3 Å². The van der Waals surface area contributed by atoms with Crippen LogP contribution >= 0.6 is 12.6 Å². The summed E-state index contributed by atoms with van der Waals surface area (Å²) >= 11 is 4.48. The normalized spacial score (nSPS) is 12.3. The van der Waals surface area contributed by atoms with Crippen molar-refractivity contribution in [2.75, 3.05) is 6.61 Å². The van der Waals surface area contributed by atoms with Crippen LogP contribution in [0, 0.1) is 13.8 Å². The fraction of sp³-hybridized carbons (Fsp3) is 0.208. The first kappa shape index (κ1) is 21.5. The van der Waals surface area contributed by atoms with Crippen LogP contribution in [0.3, 0.4) is 0 Å². The van der Waals surface area contributed by atoms with Gasteiger partial charge in [0.1, 0.15) is 6.61 Å². The third kappa shape index (κ3) is 4.09. The molecule has 0 heterocycles. The summed E-state index contributed by atoms with van der Waals surface area (Å²) < 4.78 is 5.57. The summed E-state index contributed by atoms with van der Waals surface area (Å²) in [5.41, 5.74) is 7.40. The van der Waals surface area contributed by atoms with Crippen LogP contribution in [0.5, 0.6) is 0 Å². The zero-order valence-corrected chi connectivity index (χ0v) is 18.3. The summed E-state index contributed by atoms with van der Waals surface area (Å²) in [6.07, 6.45) is -0.520. The molecule has 1 amide bonds. The molecule has 0 saturated carbocycles. The Morgan fingerprint density at radius 3 is 2.19 bits per heavy atom. The van der Waals surface area contributed by atoms with Gasteiger partial charge in [0.25, 0.3) is 0 Å². The maximum Gasteiger partial charge on any atom is 0.488 e. The number of thiol groups is 1. The van der Waals surface area contributed by atoms with Crippen molar-refractivity contribution >= 4 is 31.3 Å². The van der Waals surface area contributed by atoms with Crippen molar-refractivity contribution in [1.29, 1.82) is 0 Å². The molecule has 0 atom stereocenters. The zero-order valence-electron chi connectivity index (χ0n) is 17.4. The average Bonchev–Trinajstić information content (AvgIpc) is 3.09. The van der Waals surface area contributed by atoms with Crippen LogP contribution in [0.1, 0.15) is 33.7 Å². The lowest BCUT2D eigenvalue weighted by Gasteiger charge is -2.17. The van der Waals surface area contributed by atoms with Crippen molar-refractivity contribution in [3.63, 3.8) is 0 Å². The number of ether oxygens (including phenoxy) is 1. The lowest BCUT2D eigenvalue weighted by molar-refractivity contribution is 0.142. The molecule has 0 unspecified atom stereocenters. The Hall–Kier alpha value is -2.74. The van der Waals surface area contributed by atoms with Gasteiger partial charge in [-0.2, -0.15) is 0 Å². The van der Waals surface area contributed by atoms with Gasteiger partial charge in [-0.1, -0.05) is 54.6 Å². The molecular weight excluding hydrogens is 409 g/mol. The Bertz CT molecular complexity index is 1100. The SMILES string of the molecule is Cc1c(CNC(=O)OCC2c3ccccc3-c3ccccc32)cc(B(O)O)c(C)c1S. The summed E-state index contributed by atoms with van der Waals surface area (Å²) in [4.78, 5) is 13.1. The van der Waals surface area contributed by atoms with E-state index in [9.17, 15) is 14.8 Å². The van der Waals surface area contributed by atoms with E-state index in [2.05, 4.69) is 42.2 Å². The van der Waals surface area contributed by atoms with Crippen molar-refractivity contribution < 1.29 is 19.6 Å². The molecule has 0 radical (unpaired) electrons. The van der Waals surface area contributed by atoms with Gasteiger partial charge in [0, 0.05) is 17.4 Å². The molecule has 3 N–H and O–H groups in total. The zero-order chi connectivity index (χ0) is 22.1. The molecular formula is C24H24BNO4S. The van der Waals surface area contributed by atoms with E-state index in [1.165, 1.54) is 11.1 Å². The van der Waals surface area contributed by atoms with Gasteiger partial charge in [-0.05, 0) is 58.3 Å². The fourth-order valence-corrected chi connectivity index (χ4v) is 4.52. The highest BCUT2D eigenvalue weighted by molar-refractivity contribution is 7.80. The highest BCUT2D eigenvalue weighted by Gasteiger charge is 2.29. The van der Waals surface area contributed by atoms with Crippen molar-refractivity contribution in [2.24, 2.45) is 0 Å². The predicted molar refractivity (Wildman–Crippen MR) is 125 cm³/mol. The summed E-state index contributed by atoms with van der Waals surface area (Å²) in [6.45, 7) is 4.12. The van der Waals surface area contributed by atoms with Crippen molar-refractivity contribution in [3.05, 3.63) is 82.4 Å². The van der Waals surface area contributed by atoms with Gasteiger partial charge in [-0.3, -0.25) is 0 Å². The number of rotatable bonds is 5. The fourth-order valence-electron chi connectivity index (χ4n) is 4.24. The van der Waals surface area contributed by atoms with Crippen molar-refractivity contribution in [2.45, 2.75) is 31.2 Å². The van der Waals surface area contributed by atoms with E-state index in [1.807, 2.05) is 31.2 Å². The van der Waals surface area contributed by atoms with Crippen molar-refractivity contribution in [1.82, 2.24) is 5.32 Å². The minimum Gasteiger partial charge on any atom is -0.449 e. The molecule has 4 rings (SSSR count). The molecule has 0 saturated heterocycles. The van der Waals surface area contributed by atoms with Crippen LogP contribution in [0.2, 0.25) is 0 Å². The summed E-state index contributed by atoms with van der Waals surface area (Å²) in [5, 5.41) is 22.0. The maximum atomic E-state index is 12.4. The van der Waals surface area contributed by atoms with Crippen molar-refractivity contribution in [3.8, 4) is 11.1 Å². The Kier molecular flexibility index (Phi) is 6.09. The maximum absolute atomic E-state index is 12.4. The lowest BCUT2D eigenvalue weighted by Crippen LogP contribution is -2.34. The molecule has 1 aliphatic rings. The summed E-state index contributed by atoms with van der Waals surface area (Å²) in [5.74, 6) is -0.000515. The van der Waals surface area contributed by atoms with E-state index < -0.39 is 13.2 Å². The van der Waals surface area contributed by atoms with Crippen LogP contribution in [0.4, 0.5) is 4.79 Å². The van der Waals surface area contributed by atoms with Crippen LogP contribution in [-0.2, 0) is 11.3 Å². The van der Waals surface area contributed by atoms with Crippen LogP contribution in [0.25, 0.3) is 11.1 Å². The Labute approximate surface area is 187 Å². The van der Waals surface area contributed by atoms with Crippen LogP contribution in [0.15, 0.2) is 59.5 Å². The minimum atomic E-state index is -1.60. The number of amides is 1. The second kappa shape index (κ2) is 8.79. The highest BCUT2D eigenvalue weighted by Crippen LogP contribution is 2.44. The van der Waals surface area contributed by atoms with Gasteiger partial charge in [0.2, 0.25) is 0 Å². The van der Waals surface area contributed by atoms with Gasteiger partial charge in [0.15, 0.2) is 0 Å². The molecule has 5 nitrogen and oxygen atoms in total. The van der Waals surface area contributed by atoms with E-state index in [0.29, 0.717) is 15.9 Å².